The molecule has 1 N–H and O–H groups in total. The van der Waals surface area contributed by atoms with E-state index in [1.807, 2.05) is 6.07 Å². The number of nitrogens with zero attached hydrogens (tertiary/aromatic N) is 2. The average Bonchev–Trinajstić information content (AvgIpc) is 2.89. The Morgan fingerprint density at radius 3 is 2.83 bits per heavy atom. The van der Waals surface area contributed by atoms with E-state index in [-0.39, 0.29) is 5.82 Å². The van der Waals surface area contributed by atoms with Crippen molar-refractivity contribution in [2.75, 3.05) is 26.2 Å². The first-order chi connectivity index (χ1) is 8.79. The topological polar surface area (TPSA) is 39.1 Å². The molecule has 1 aliphatic heterocycles. The standard InChI is InChI=1S/C14H18FN3/c15-14-4-3-12(10-16)9-13(14)11-17-5-8-18-6-1-2-7-18/h3-4,9,17H,1-2,5-8,11H2. The zero-order chi connectivity index (χ0) is 12.8. The smallest absolute Gasteiger partial charge is 0.127 e. The molecule has 1 aliphatic rings. The minimum absolute atomic E-state index is 0.248. The molecule has 0 aromatic heterocycles. The number of nitrogens with one attached hydrogen (secondary N) is 1. The fourth-order valence-corrected chi connectivity index (χ4v) is 2.25. The van der Waals surface area contributed by atoms with Crippen LogP contribution in [0, 0.1) is 17.1 Å². The Balaban J connectivity index is 1.77. The van der Waals surface area contributed by atoms with E-state index in [0.29, 0.717) is 17.7 Å². The minimum Gasteiger partial charge on any atom is -0.311 e. The Kier molecular flexibility index (Phi) is 4.68. The highest BCUT2D eigenvalue weighted by atomic mass is 19.1. The van der Waals surface area contributed by atoms with Crippen LogP contribution in [0.5, 0.6) is 0 Å². The molecule has 96 valence electrons. The molecule has 1 saturated heterocycles. The second-order valence-electron chi connectivity index (χ2n) is 4.64. The molecular weight excluding hydrogens is 229 g/mol. The van der Waals surface area contributed by atoms with Gasteiger partial charge in [0.1, 0.15) is 5.82 Å². The summed E-state index contributed by atoms with van der Waals surface area (Å²) in [6.45, 7) is 4.71. The molecule has 0 bridgehead atoms. The lowest BCUT2D eigenvalue weighted by atomic mass is 10.1. The fraction of sp³-hybridized carbons (Fsp3) is 0.500. The lowest BCUT2D eigenvalue weighted by molar-refractivity contribution is 0.335. The lowest BCUT2D eigenvalue weighted by Gasteiger charge is -2.14. The van der Waals surface area contributed by atoms with Crippen molar-refractivity contribution in [3.8, 4) is 6.07 Å². The molecule has 0 atom stereocenters. The van der Waals surface area contributed by atoms with Gasteiger partial charge in [0.15, 0.2) is 0 Å². The second kappa shape index (κ2) is 6.48. The Morgan fingerprint density at radius 2 is 2.11 bits per heavy atom. The van der Waals surface area contributed by atoms with Gasteiger partial charge in [-0.15, -0.1) is 0 Å². The molecule has 2 rings (SSSR count). The molecule has 0 aliphatic carbocycles. The third-order valence-corrected chi connectivity index (χ3v) is 3.29. The van der Waals surface area contributed by atoms with Crippen molar-refractivity contribution in [1.82, 2.24) is 10.2 Å². The molecule has 1 aromatic rings. The lowest BCUT2D eigenvalue weighted by Crippen LogP contribution is -2.29. The molecule has 0 amide bonds. The fourth-order valence-electron chi connectivity index (χ4n) is 2.25. The quantitative estimate of drug-likeness (QED) is 0.807. The van der Waals surface area contributed by atoms with Crippen LogP contribution >= 0.6 is 0 Å². The van der Waals surface area contributed by atoms with Gasteiger partial charge in [-0.05, 0) is 44.1 Å². The van der Waals surface area contributed by atoms with E-state index >= 15 is 0 Å². The van der Waals surface area contributed by atoms with Gasteiger partial charge in [-0.25, -0.2) is 4.39 Å². The summed E-state index contributed by atoms with van der Waals surface area (Å²) < 4.78 is 13.5. The molecule has 1 heterocycles. The van der Waals surface area contributed by atoms with Crippen molar-refractivity contribution >= 4 is 0 Å². The molecule has 18 heavy (non-hydrogen) atoms. The summed E-state index contributed by atoms with van der Waals surface area (Å²) in [5.74, 6) is -0.248. The summed E-state index contributed by atoms with van der Waals surface area (Å²) >= 11 is 0. The van der Waals surface area contributed by atoms with E-state index in [9.17, 15) is 4.39 Å². The number of halogens is 1. The number of rotatable bonds is 5. The maximum Gasteiger partial charge on any atom is 0.127 e. The van der Waals surface area contributed by atoms with Crippen molar-refractivity contribution in [2.45, 2.75) is 19.4 Å². The molecule has 1 aromatic carbocycles. The molecule has 0 radical (unpaired) electrons. The van der Waals surface area contributed by atoms with Crippen LogP contribution in [0.3, 0.4) is 0 Å². The van der Waals surface area contributed by atoms with Crippen molar-refractivity contribution in [2.24, 2.45) is 0 Å². The van der Waals surface area contributed by atoms with E-state index in [1.165, 1.54) is 38.1 Å². The zero-order valence-electron chi connectivity index (χ0n) is 10.5. The van der Waals surface area contributed by atoms with E-state index < -0.39 is 0 Å². The Labute approximate surface area is 107 Å². The maximum atomic E-state index is 13.5. The first-order valence-corrected chi connectivity index (χ1v) is 6.41. The maximum absolute atomic E-state index is 13.5. The van der Waals surface area contributed by atoms with Crippen LogP contribution in [-0.2, 0) is 6.54 Å². The van der Waals surface area contributed by atoms with Gasteiger partial charge in [0.25, 0.3) is 0 Å². The third-order valence-electron chi connectivity index (χ3n) is 3.29. The second-order valence-corrected chi connectivity index (χ2v) is 4.64. The van der Waals surface area contributed by atoms with Crippen molar-refractivity contribution in [3.63, 3.8) is 0 Å². The van der Waals surface area contributed by atoms with E-state index in [1.54, 1.807) is 6.07 Å². The summed E-state index contributed by atoms with van der Waals surface area (Å²) in [6, 6.07) is 6.50. The van der Waals surface area contributed by atoms with Crippen LogP contribution in [0.2, 0.25) is 0 Å². The number of hydrogen-bond acceptors (Lipinski definition) is 3. The van der Waals surface area contributed by atoms with Gasteiger partial charge in [-0.3, -0.25) is 0 Å². The van der Waals surface area contributed by atoms with Gasteiger partial charge in [-0.2, -0.15) is 5.26 Å². The van der Waals surface area contributed by atoms with E-state index in [0.717, 1.165) is 13.1 Å². The Hall–Kier alpha value is -1.44. The molecule has 0 saturated carbocycles. The summed E-state index contributed by atoms with van der Waals surface area (Å²) in [7, 11) is 0. The van der Waals surface area contributed by atoms with Gasteiger partial charge in [-0.1, -0.05) is 0 Å². The van der Waals surface area contributed by atoms with Gasteiger partial charge in [0.05, 0.1) is 11.6 Å². The molecular formula is C14H18FN3. The van der Waals surface area contributed by atoms with Crippen LogP contribution in [0.15, 0.2) is 18.2 Å². The van der Waals surface area contributed by atoms with Crippen LogP contribution in [0.25, 0.3) is 0 Å². The summed E-state index contributed by atoms with van der Waals surface area (Å²) in [5.41, 5.74) is 1.07. The first kappa shape index (κ1) is 13.0. The number of hydrogen-bond donors (Lipinski definition) is 1. The van der Waals surface area contributed by atoms with Crippen molar-refractivity contribution < 1.29 is 4.39 Å². The third kappa shape index (κ3) is 3.52. The molecule has 1 fully saturated rings. The number of likely N-dealkylation sites (tertiary alicyclic amines) is 1. The predicted octanol–water partition coefficient (Wildman–Crippen LogP) is 1.88. The minimum atomic E-state index is -0.248. The average molecular weight is 247 g/mol. The Bertz CT molecular complexity index is 433. The highest BCUT2D eigenvalue weighted by molar-refractivity contribution is 5.33. The largest absolute Gasteiger partial charge is 0.311 e. The van der Waals surface area contributed by atoms with Crippen LogP contribution in [0.4, 0.5) is 4.39 Å². The van der Waals surface area contributed by atoms with Crippen molar-refractivity contribution in [1.29, 1.82) is 5.26 Å². The van der Waals surface area contributed by atoms with Gasteiger partial charge < -0.3 is 10.2 Å². The SMILES string of the molecule is N#Cc1ccc(F)c(CNCCN2CCCC2)c1. The van der Waals surface area contributed by atoms with Crippen LogP contribution in [0.1, 0.15) is 24.0 Å². The zero-order valence-corrected chi connectivity index (χ0v) is 10.5. The van der Waals surface area contributed by atoms with Gasteiger partial charge in [0.2, 0.25) is 0 Å². The van der Waals surface area contributed by atoms with Crippen molar-refractivity contribution in [3.05, 3.63) is 35.1 Å². The highest BCUT2D eigenvalue weighted by Gasteiger charge is 2.10. The molecule has 3 nitrogen and oxygen atoms in total. The molecule has 0 spiro atoms. The van der Waals surface area contributed by atoms with Gasteiger partial charge >= 0.3 is 0 Å². The summed E-state index contributed by atoms with van der Waals surface area (Å²) in [4.78, 5) is 2.41. The predicted molar refractivity (Wildman–Crippen MR) is 68.5 cm³/mol. The highest BCUT2D eigenvalue weighted by Crippen LogP contribution is 2.10. The van der Waals surface area contributed by atoms with E-state index in [2.05, 4.69) is 10.2 Å². The van der Waals surface area contributed by atoms with Crippen LogP contribution < -0.4 is 5.32 Å². The van der Waals surface area contributed by atoms with Gasteiger partial charge in [0, 0.05) is 25.2 Å². The monoisotopic (exact) mass is 247 g/mol. The first-order valence-electron chi connectivity index (χ1n) is 6.41. The molecule has 4 heteroatoms. The normalized spacial score (nSPS) is 15.8. The molecule has 0 unspecified atom stereocenters. The summed E-state index contributed by atoms with van der Waals surface area (Å²) in [5, 5.41) is 12.0. The number of nitriles is 1. The summed E-state index contributed by atoms with van der Waals surface area (Å²) in [6.07, 6.45) is 2.58. The van der Waals surface area contributed by atoms with Crippen LogP contribution in [-0.4, -0.2) is 31.1 Å². The Morgan fingerprint density at radius 1 is 1.33 bits per heavy atom. The number of benzene rings is 1. The van der Waals surface area contributed by atoms with E-state index in [4.69, 9.17) is 5.26 Å².